The Kier molecular flexibility index (Phi) is 4.06. The summed E-state index contributed by atoms with van der Waals surface area (Å²) >= 11 is 0. The number of aryl methyl sites for hydroxylation is 1. The third-order valence-corrected chi connectivity index (χ3v) is 2.34. The van der Waals surface area contributed by atoms with Crippen LogP contribution in [0.3, 0.4) is 0 Å². The van der Waals surface area contributed by atoms with Crippen molar-refractivity contribution in [3.63, 3.8) is 0 Å². The van der Waals surface area contributed by atoms with Gasteiger partial charge in [-0.15, -0.1) is 0 Å². The normalized spacial score (nSPS) is 10.9. The molecule has 1 amide bonds. The lowest BCUT2D eigenvalue weighted by Crippen LogP contribution is -2.55. The first-order valence-corrected chi connectivity index (χ1v) is 5.70. The van der Waals surface area contributed by atoms with Crippen molar-refractivity contribution >= 4 is 17.5 Å². The highest BCUT2D eigenvalue weighted by molar-refractivity contribution is 5.88. The van der Waals surface area contributed by atoms with E-state index in [0.717, 1.165) is 5.56 Å². The maximum Gasteiger partial charge on any atom is 0.414 e. The minimum Gasteiger partial charge on any atom is -0.443 e. The molecule has 0 radical (unpaired) electrons. The maximum atomic E-state index is 11.9. The fourth-order valence-electron chi connectivity index (χ4n) is 1.52. The summed E-state index contributed by atoms with van der Waals surface area (Å²) in [6, 6.07) is 5.01. The van der Waals surface area contributed by atoms with Gasteiger partial charge in [0.2, 0.25) is 0 Å². The minimum atomic E-state index is -0.532. The number of hydrogen-bond acceptors (Lipinski definition) is 3. The molecule has 0 fully saturated rings. The molecule has 0 saturated heterocycles. The SMILES string of the molecule is Cc1cc([NH+]=O)ccc1N(C)C(=O)OC(C)(C)C. The summed E-state index contributed by atoms with van der Waals surface area (Å²) in [7, 11) is 1.64. The molecule has 1 aromatic rings. The number of carbonyl (C=O) groups is 1. The van der Waals surface area contributed by atoms with Gasteiger partial charge in [0.15, 0.2) is 0 Å². The lowest BCUT2D eigenvalue weighted by atomic mass is 10.1. The molecule has 0 aromatic heterocycles. The monoisotopic (exact) mass is 251 g/mol. The van der Waals surface area contributed by atoms with Gasteiger partial charge in [-0.2, -0.15) is 0 Å². The number of anilines is 1. The summed E-state index contributed by atoms with van der Waals surface area (Å²) in [4.78, 5) is 23.8. The molecule has 0 heterocycles. The lowest BCUT2D eigenvalue weighted by Gasteiger charge is -2.25. The molecular weight excluding hydrogens is 232 g/mol. The number of carbonyl (C=O) groups excluding carboxylic acids is 1. The highest BCUT2D eigenvalue weighted by Gasteiger charge is 2.21. The van der Waals surface area contributed by atoms with E-state index in [-0.39, 0.29) is 0 Å². The predicted octanol–water partition coefficient (Wildman–Crippen LogP) is 1.84. The molecule has 0 spiro atoms. The zero-order valence-corrected chi connectivity index (χ0v) is 11.4. The molecule has 0 bridgehead atoms. The Morgan fingerprint density at radius 1 is 1.33 bits per heavy atom. The van der Waals surface area contributed by atoms with Crippen LogP contribution in [0.5, 0.6) is 0 Å². The molecule has 18 heavy (non-hydrogen) atoms. The molecule has 0 aliphatic rings. The van der Waals surface area contributed by atoms with Crippen molar-refractivity contribution in [2.24, 2.45) is 0 Å². The second-order valence-corrected chi connectivity index (χ2v) is 5.14. The Hall–Kier alpha value is -1.91. The summed E-state index contributed by atoms with van der Waals surface area (Å²) in [5, 5.41) is 1.82. The van der Waals surface area contributed by atoms with E-state index in [1.165, 1.54) is 4.90 Å². The maximum absolute atomic E-state index is 11.9. The van der Waals surface area contributed by atoms with Crippen LogP contribution in [0.15, 0.2) is 18.2 Å². The summed E-state index contributed by atoms with van der Waals surface area (Å²) in [5.74, 6) is 0. The number of hydrogen-bond donors (Lipinski definition) is 1. The molecule has 1 aromatic carbocycles. The standard InChI is InChI=1S/C13H18N2O3/c1-9-8-10(14-17)6-7-11(9)15(5)12(16)18-13(2,3)4/h6-8H,1-5H3/p+1. The van der Waals surface area contributed by atoms with Crippen LogP contribution in [0, 0.1) is 11.8 Å². The van der Waals surface area contributed by atoms with Crippen molar-refractivity contribution in [2.45, 2.75) is 33.3 Å². The smallest absolute Gasteiger partial charge is 0.414 e. The first kappa shape index (κ1) is 14.2. The molecule has 0 aliphatic heterocycles. The first-order valence-electron chi connectivity index (χ1n) is 5.70. The summed E-state index contributed by atoms with van der Waals surface area (Å²) in [6.45, 7) is 7.28. The van der Waals surface area contributed by atoms with Gasteiger partial charge in [-0.25, -0.2) is 4.79 Å². The zero-order valence-electron chi connectivity index (χ0n) is 11.4. The quantitative estimate of drug-likeness (QED) is 0.872. The molecule has 5 heteroatoms. The number of nitrogens with one attached hydrogen (secondary N) is 1. The van der Waals surface area contributed by atoms with Gasteiger partial charge in [0, 0.05) is 29.3 Å². The van der Waals surface area contributed by atoms with E-state index in [9.17, 15) is 9.70 Å². The molecule has 98 valence electrons. The van der Waals surface area contributed by atoms with Gasteiger partial charge < -0.3 is 4.74 Å². The van der Waals surface area contributed by atoms with Gasteiger partial charge in [0.25, 0.3) is 5.69 Å². The van der Waals surface area contributed by atoms with Crippen LogP contribution < -0.4 is 10.1 Å². The minimum absolute atomic E-state index is 0.423. The predicted molar refractivity (Wildman–Crippen MR) is 69.8 cm³/mol. The van der Waals surface area contributed by atoms with E-state index < -0.39 is 11.7 Å². The third kappa shape index (κ3) is 3.55. The lowest BCUT2D eigenvalue weighted by molar-refractivity contribution is -0.379. The molecular formula is C13H19N2O3+. The Bertz CT molecular complexity index is 464. The molecule has 0 saturated carbocycles. The van der Waals surface area contributed by atoms with Crippen molar-refractivity contribution in [2.75, 3.05) is 11.9 Å². The van der Waals surface area contributed by atoms with Gasteiger partial charge in [-0.3, -0.25) is 4.90 Å². The van der Waals surface area contributed by atoms with E-state index in [0.29, 0.717) is 11.4 Å². The van der Waals surface area contributed by atoms with Crippen LogP contribution in [-0.2, 0) is 4.74 Å². The highest BCUT2D eigenvalue weighted by atomic mass is 16.6. The van der Waals surface area contributed by atoms with E-state index in [1.54, 1.807) is 25.2 Å². The van der Waals surface area contributed by atoms with Gasteiger partial charge >= 0.3 is 6.09 Å². The molecule has 1 N–H and O–H groups in total. The van der Waals surface area contributed by atoms with E-state index >= 15 is 0 Å². The van der Waals surface area contributed by atoms with Crippen molar-refractivity contribution in [1.82, 2.24) is 0 Å². The topological polar surface area (TPSA) is 60.6 Å². The average Bonchev–Trinajstić information content (AvgIpc) is 2.25. The van der Waals surface area contributed by atoms with E-state index in [1.807, 2.05) is 32.9 Å². The van der Waals surface area contributed by atoms with Crippen LogP contribution in [0.25, 0.3) is 0 Å². The van der Waals surface area contributed by atoms with Crippen molar-refractivity contribution < 1.29 is 14.7 Å². The third-order valence-electron chi connectivity index (χ3n) is 2.34. The number of amides is 1. The number of ether oxygens (including phenoxy) is 1. The fourth-order valence-corrected chi connectivity index (χ4v) is 1.52. The average molecular weight is 251 g/mol. The van der Waals surface area contributed by atoms with Crippen molar-refractivity contribution in [3.8, 4) is 0 Å². The Labute approximate surface area is 107 Å². The summed E-state index contributed by atoms with van der Waals surface area (Å²) in [6.07, 6.45) is -0.423. The molecule has 5 nitrogen and oxygen atoms in total. The Morgan fingerprint density at radius 2 is 1.94 bits per heavy atom. The number of nitrogens with zero attached hydrogens (tertiary/aromatic N) is 1. The van der Waals surface area contributed by atoms with Gasteiger partial charge in [-0.1, -0.05) is 0 Å². The zero-order chi connectivity index (χ0) is 13.9. The second kappa shape index (κ2) is 5.16. The van der Waals surface area contributed by atoms with Crippen LogP contribution >= 0.6 is 0 Å². The molecule has 0 aliphatic carbocycles. The first-order chi connectivity index (χ1) is 8.24. The number of rotatable bonds is 2. The number of nitroso groups, excluding NO2 is 1. The molecule has 0 atom stereocenters. The van der Waals surface area contributed by atoms with Crippen molar-refractivity contribution in [3.05, 3.63) is 28.7 Å². The van der Waals surface area contributed by atoms with E-state index in [4.69, 9.17) is 4.74 Å². The largest absolute Gasteiger partial charge is 0.443 e. The molecule has 0 unspecified atom stereocenters. The van der Waals surface area contributed by atoms with Crippen molar-refractivity contribution in [1.29, 1.82) is 0 Å². The Balaban J connectivity index is 2.93. The molecule has 1 rings (SSSR count). The highest BCUT2D eigenvalue weighted by Crippen LogP contribution is 2.22. The summed E-state index contributed by atoms with van der Waals surface area (Å²) < 4.78 is 5.28. The fraction of sp³-hybridized carbons (Fsp3) is 0.462. The van der Waals surface area contributed by atoms with Crippen LogP contribution in [0.1, 0.15) is 26.3 Å². The van der Waals surface area contributed by atoms with Gasteiger partial charge in [0.1, 0.15) is 5.60 Å². The second-order valence-electron chi connectivity index (χ2n) is 5.14. The van der Waals surface area contributed by atoms with Crippen LogP contribution in [-0.4, -0.2) is 18.7 Å². The Morgan fingerprint density at radius 3 is 2.39 bits per heavy atom. The number of benzene rings is 1. The van der Waals surface area contributed by atoms with E-state index in [2.05, 4.69) is 0 Å². The van der Waals surface area contributed by atoms with Crippen LogP contribution in [0.4, 0.5) is 16.2 Å². The summed E-state index contributed by atoms with van der Waals surface area (Å²) in [5.41, 5.74) is 1.47. The van der Waals surface area contributed by atoms with Gasteiger partial charge in [0.05, 0.1) is 5.69 Å². The van der Waals surface area contributed by atoms with Gasteiger partial charge in [-0.05, 0) is 39.3 Å². The van der Waals surface area contributed by atoms with Crippen LogP contribution in [0.2, 0.25) is 0 Å².